The Morgan fingerprint density at radius 3 is 2.42 bits per heavy atom. The van der Waals surface area contributed by atoms with Crippen molar-refractivity contribution in [2.75, 3.05) is 13.7 Å². The van der Waals surface area contributed by atoms with Crippen molar-refractivity contribution in [3.63, 3.8) is 0 Å². The lowest BCUT2D eigenvalue weighted by molar-refractivity contribution is 0.0519. The molecule has 1 aliphatic rings. The Bertz CT molecular complexity index is 1070. The second-order valence-electron chi connectivity index (χ2n) is 5.35. The van der Waals surface area contributed by atoms with E-state index in [9.17, 15) is 19.3 Å². The second kappa shape index (κ2) is 4.57. The summed E-state index contributed by atoms with van der Waals surface area (Å²) >= 11 is 0. The molecule has 2 bridgehead atoms. The van der Waals surface area contributed by atoms with Crippen LogP contribution in [0.2, 0.25) is 0 Å². The van der Waals surface area contributed by atoms with E-state index in [1.54, 1.807) is 6.92 Å². The summed E-state index contributed by atoms with van der Waals surface area (Å²) in [5.41, 5.74) is 0.770. The fourth-order valence-corrected chi connectivity index (χ4v) is 3.14. The lowest BCUT2D eigenvalue weighted by atomic mass is 10.0. The number of benzene rings is 1. The van der Waals surface area contributed by atoms with Gasteiger partial charge in [0.1, 0.15) is 5.69 Å². The van der Waals surface area contributed by atoms with Crippen LogP contribution < -0.4 is 0 Å². The number of rotatable bonds is 3. The first-order chi connectivity index (χ1) is 11.5. The Morgan fingerprint density at radius 1 is 1.21 bits per heavy atom. The van der Waals surface area contributed by atoms with Gasteiger partial charge >= 0.3 is 5.97 Å². The molecule has 9 nitrogen and oxygen atoms in total. The average Bonchev–Trinajstić information content (AvgIpc) is 3.16. The fraction of sp³-hybridized carbons (Fsp3) is 0.200. The average molecular weight is 326 g/mol. The fourth-order valence-electron chi connectivity index (χ4n) is 3.14. The molecule has 0 unspecified atom stereocenters. The van der Waals surface area contributed by atoms with Crippen LogP contribution in [0, 0.1) is 4.91 Å². The molecule has 4 heterocycles. The minimum Gasteiger partial charge on any atom is -0.461 e. The van der Waals surface area contributed by atoms with Gasteiger partial charge in [0.25, 0.3) is 11.8 Å². The highest BCUT2D eigenvalue weighted by Crippen LogP contribution is 2.42. The van der Waals surface area contributed by atoms with Crippen molar-refractivity contribution in [2.24, 2.45) is 5.29 Å². The van der Waals surface area contributed by atoms with E-state index in [2.05, 4.69) is 10.3 Å². The normalized spacial score (nSPS) is 14.0. The van der Waals surface area contributed by atoms with E-state index in [1.807, 2.05) is 0 Å². The third-order valence-electron chi connectivity index (χ3n) is 4.16. The largest absolute Gasteiger partial charge is 0.461 e. The Morgan fingerprint density at radius 2 is 1.83 bits per heavy atom. The van der Waals surface area contributed by atoms with Crippen LogP contribution >= 0.6 is 0 Å². The lowest BCUT2D eigenvalue weighted by Gasteiger charge is -2.04. The molecular weight excluding hydrogens is 316 g/mol. The van der Waals surface area contributed by atoms with Gasteiger partial charge in [-0.3, -0.25) is 14.5 Å². The predicted molar refractivity (Wildman–Crippen MR) is 82.0 cm³/mol. The third-order valence-corrected chi connectivity index (χ3v) is 4.16. The lowest BCUT2D eigenvalue weighted by Crippen LogP contribution is -2.25. The van der Waals surface area contributed by atoms with Gasteiger partial charge in [-0.25, -0.2) is 9.78 Å². The highest BCUT2D eigenvalue weighted by atomic mass is 16.5. The van der Waals surface area contributed by atoms with E-state index in [1.165, 1.54) is 19.3 Å². The Balaban J connectivity index is 2.08. The molecule has 0 aromatic carbocycles. The number of nitroso groups, excluding NO2 is 1. The molecule has 0 radical (unpaired) electrons. The summed E-state index contributed by atoms with van der Waals surface area (Å²) in [5, 5.41) is 3.85. The topological polar surface area (TPSA) is 111 Å². The number of ether oxygens (including phenoxy) is 1. The molecule has 0 saturated carbocycles. The molecule has 3 aromatic heterocycles. The van der Waals surface area contributed by atoms with E-state index in [0.29, 0.717) is 10.8 Å². The first-order valence-corrected chi connectivity index (χ1v) is 7.13. The molecule has 0 spiro atoms. The maximum atomic E-state index is 12.3. The van der Waals surface area contributed by atoms with E-state index in [4.69, 9.17) is 4.74 Å². The number of hydrogen-bond acceptors (Lipinski definition) is 7. The number of hydrogen-bond donors (Lipinski definition) is 0. The van der Waals surface area contributed by atoms with Crippen LogP contribution in [0.1, 0.15) is 38.1 Å². The predicted octanol–water partition coefficient (Wildman–Crippen LogP) is 1.56. The Labute approximate surface area is 134 Å². The van der Waals surface area contributed by atoms with Gasteiger partial charge in [0.05, 0.1) is 34.1 Å². The monoisotopic (exact) mass is 326 g/mol. The smallest absolute Gasteiger partial charge is 0.356 e. The summed E-state index contributed by atoms with van der Waals surface area (Å²) in [6, 6.07) is 1.44. The molecule has 0 atom stereocenters. The van der Waals surface area contributed by atoms with Gasteiger partial charge in [0.15, 0.2) is 0 Å². The van der Waals surface area contributed by atoms with Crippen molar-refractivity contribution in [3.8, 4) is 0 Å². The van der Waals surface area contributed by atoms with Crippen molar-refractivity contribution >= 4 is 39.6 Å². The van der Waals surface area contributed by atoms with Crippen molar-refractivity contribution < 1.29 is 19.1 Å². The Hall–Kier alpha value is -3.36. The number of carbonyl (C=O) groups excluding carboxylic acids is 3. The molecule has 2 amide bonds. The molecule has 24 heavy (non-hydrogen) atoms. The number of imide groups is 1. The SMILES string of the molecule is CCOC(=O)c1cc2c(cn1)c1c3c(c2n1N=O)C(=O)N(C)C3=O. The summed E-state index contributed by atoms with van der Waals surface area (Å²) in [6.07, 6.45) is 1.38. The highest BCUT2D eigenvalue weighted by Gasteiger charge is 2.42. The quantitative estimate of drug-likeness (QED) is 0.410. The number of amides is 2. The van der Waals surface area contributed by atoms with Gasteiger partial charge in [-0.2, -0.15) is 4.68 Å². The summed E-state index contributed by atoms with van der Waals surface area (Å²) in [6.45, 7) is 1.87. The zero-order chi connectivity index (χ0) is 17.2. The number of pyridine rings is 1. The second-order valence-corrected chi connectivity index (χ2v) is 5.35. The van der Waals surface area contributed by atoms with E-state index in [-0.39, 0.29) is 34.5 Å². The number of carbonyl (C=O) groups is 3. The van der Waals surface area contributed by atoms with Crippen LogP contribution in [0.15, 0.2) is 17.5 Å². The van der Waals surface area contributed by atoms with Crippen molar-refractivity contribution in [2.45, 2.75) is 6.92 Å². The molecule has 0 fully saturated rings. The van der Waals surface area contributed by atoms with Crippen molar-refractivity contribution in [1.82, 2.24) is 14.6 Å². The third kappa shape index (κ3) is 1.48. The number of fused-ring (bicyclic) bond motifs is 8. The molecule has 0 saturated heterocycles. The van der Waals surface area contributed by atoms with Gasteiger partial charge in [-0.15, -0.1) is 4.91 Å². The molecule has 4 rings (SSSR count). The first kappa shape index (κ1) is 14.2. The molecule has 9 heteroatoms. The maximum Gasteiger partial charge on any atom is 0.356 e. The van der Waals surface area contributed by atoms with Gasteiger partial charge in [0, 0.05) is 24.0 Å². The summed E-state index contributed by atoms with van der Waals surface area (Å²) in [5.74, 6) is -1.61. The number of esters is 1. The summed E-state index contributed by atoms with van der Waals surface area (Å²) in [4.78, 5) is 52.7. The number of aromatic nitrogens is 2. The molecule has 120 valence electrons. The molecule has 0 aliphatic carbocycles. The van der Waals surface area contributed by atoms with Crippen LogP contribution in [0.5, 0.6) is 0 Å². The van der Waals surface area contributed by atoms with Gasteiger partial charge in [-0.05, 0) is 13.0 Å². The number of nitrogens with zero attached hydrogens (tertiary/aromatic N) is 4. The minimum atomic E-state index is -0.612. The highest BCUT2D eigenvalue weighted by molar-refractivity contribution is 6.35. The molecule has 1 aliphatic heterocycles. The van der Waals surface area contributed by atoms with Crippen molar-refractivity contribution in [1.29, 1.82) is 0 Å². The van der Waals surface area contributed by atoms with Crippen LogP contribution in [-0.2, 0) is 4.74 Å². The summed E-state index contributed by atoms with van der Waals surface area (Å²) in [7, 11) is 1.37. The maximum absolute atomic E-state index is 12.3. The molecular formula is C15H10N4O5. The van der Waals surface area contributed by atoms with Crippen LogP contribution in [0.4, 0.5) is 0 Å². The summed E-state index contributed by atoms with van der Waals surface area (Å²) < 4.78 is 5.91. The van der Waals surface area contributed by atoms with Crippen LogP contribution in [-0.4, -0.2) is 46.0 Å². The van der Waals surface area contributed by atoms with E-state index < -0.39 is 17.8 Å². The van der Waals surface area contributed by atoms with Crippen LogP contribution in [0.25, 0.3) is 21.8 Å². The van der Waals surface area contributed by atoms with E-state index >= 15 is 0 Å². The molecule has 3 aromatic rings. The standard InChI is InChI=1S/C15H10N4O5/c1-3-24-15(22)8-4-6-7(5-16-8)12-10-9(11(6)19(12)17-23)13(20)18(2)14(10)21/h4-5H,3H2,1-2H3. The van der Waals surface area contributed by atoms with Gasteiger partial charge in [0.2, 0.25) is 0 Å². The van der Waals surface area contributed by atoms with Crippen molar-refractivity contribution in [3.05, 3.63) is 34.0 Å². The van der Waals surface area contributed by atoms with E-state index in [0.717, 1.165) is 9.58 Å². The minimum absolute atomic E-state index is 0.0503. The first-order valence-electron chi connectivity index (χ1n) is 7.13. The zero-order valence-electron chi connectivity index (χ0n) is 12.7. The van der Waals surface area contributed by atoms with Gasteiger partial charge < -0.3 is 4.74 Å². The van der Waals surface area contributed by atoms with Crippen LogP contribution in [0.3, 0.4) is 0 Å². The molecule has 0 N–H and O–H groups in total. The van der Waals surface area contributed by atoms with Gasteiger partial charge in [-0.1, -0.05) is 0 Å². The Kier molecular flexibility index (Phi) is 2.71. The zero-order valence-corrected chi connectivity index (χ0v) is 12.7.